The summed E-state index contributed by atoms with van der Waals surface area (Å²) in [5, 5.41) is 12.1. The van der Waals surface area contributed by atoms with E-state index < -0.39 is 17.9 Å². The Balaban J connectivity index is 2.87. The first-order valence-electron chi connectivity index (χ1n) is 5.85. The summed E-state index contributed by atoms with van der Waals surface area (Å²) in [6.45, 7) is 3.67. The van der Waals surface area contributed by atoms with E-state index in [2.05, 4.69) is 21.2 Å². The molecular formula is C13H15BrClNO3. The van der Waals surface area contributed by atoms with Crippen molar-refractivity contribution in [2.75, 3.05) is 0 Å². The van der Waals surface area contributed by atoms with E-state index in [4.69, 9.17) is 16.7 Å². The molecule has 0 saturated heterocycles. The summed E-state index contributed by atoms with van der Waals surface area (Å²) < 4.78 is 0.595. The Labute approximate surface area is 125 Å². The molecule has 0 aliphatic rings. The van der Waals surface area contributed by atoms with Crippen molar-refractivity contribution < 1.29 is 14.7 Å². The molecule has 0 radical (unpaired) electrons. The Kier molecular flexibility index (Phi) is 5.82. The third-order valence-electron chi connectivity index (χ3n) is 2.95. The second kappa shape index (κ2) is 6.91. The summed E-state index contributed by atoms with van der Waals surface area (Å²) in [6.07, 6.45) is 0.668. The number of aliphatic carboxylic acids is 1. The number of rotatable bonds is 5. The number of hydrogen-bond donors (Lipinski definition) is 2. The van der Waals surface area contributed by atoms with Gasteiger partial charge >= 0.3 is 5.97 Å². The number of hydrogen-bond acceptors (Lipinski definition) is 2. The van der Waals surface area contributed by atoms with Gasteiger partial charge in [0, 0.05) is 10.0 Å². The molecule has 19 heavy (non-hydrogen) atoms. The maximum absolute atomic E-state index is 12.0. The summed E-state index contributed by atoms with van der Waals surface area (Å²) >= 11 is 9.07. The number of amides is 1. The topological polar surface area (TPSA) is 66.4 Å². The zero-order valence-corrected chi connectivity index (χ0v) is 13.0. The van der Waals surface area contributed by atoms with Gasteiger partial charge in [-0.15, -0.1) is 0 Å². The quantitative estimate of drug-likeness (QED) is 0.857. The van der Waals surface area contributed by atoms with Crippen LogP contribution in [0.1, 0.15) is 30.6 Å². The van der Waals surface area contributed by atoms with Crippen molar-refractivity contribution in [1.82, 2.24) is 5.32 Å². The minimum Gasteiger partial charge on any atom is -0.480 e. The fourth-order valence-corrected chi connectivity index (χ4v) is 2.04. The first-order valence-corrected chi connectivity index (χ1v) is 7.02. The maximum Gasteiger partial charge on any atom is 0.326 e. The van der Waals surface area contributed by atoms with Crippen LogP contribution in [0.25, 0.3) is 0 Å². The molecule has 2 unspecified atom stereocenters. The van der Waals surface area contributed by atoms with Crippen LogP contribution >= 0.6 is 27.5 Å². The molecule has 0 bridgehead atoms. The minimum absolute atomic E-state index is 0.141. The van der Waals surface area contributed by atoms with Crippen molar-refractivity contribution in [3.63, 3.8) is 0 Å². The predicted octanol–water partition coefficient (Wildman–Crippen LogP) is 3.33. The van der Waals surface area contributed by atoms with Crippen molar-refractivity contribution >= 4 is 39.4 Å². The van der Waals surface area contributed by atoms with Crippen molar-refractivity contribution in [2.24, 2.45) is 5.92 Å². The zero-order chi connectivity index (χ0) is 14.6. The number of carbonyl (C=O) groups is 2. The minimum atomic E-state index is -1.03. The van der Waals surface area contributed by atoms with E-state index in [1.165, 1.54) is 0 Å². The smallest absolute Gasteiger partial charge is 0.326 e. The fourth-order valence-electron chi connectivity index (χ4n) is 1.55. The molecule has 104 valence electrons. The van der Waals surface area contributed by atoms with Crippen molar-refractivity contribution in [3.8, 4) is 0 Å². The van der Waals surface area contributed by atoms with Gasteiger partial charge in [-0.05, 0) is 40.0 Å². The molecule has 4 nitrogen and oxygen atoms in total. The van der Waals surface area contributed by atoms with E-state index in [0.29, 0.717) is 21.5 Å². The van der Waals surface area contributed by atoms with Crippen LogP contribution in [0.15, 0.2) is 22.7 Å². The van der Waals surface area contributed by atoms with Crippen LogP contribution in [-0.4, -0.2) is 23.0 Å². The van der Waals surface area contributed by atoms with E-state index in [9.17, 15) is 9.59 Å². The van der Waals surface area contributed by atoms with Gasteiger partial charge in [-0.3, -0.25) is 4.79 Å². The van der Waals surface area contributed by atoms with Gasteiger partial charge in [0.2, 0.25) is 0 Å². The van der Waals surface area contributed by atoms with E-state index in [-0.39, 0.29) is 5.92 Å². The maximum atomic E-state index is 12.0. The third-order valence-corrected chi connectivity index (χ3v) is 4.16. The van der Waals surface area contributed by atoms with Gasteiger partial charge in [-0.2, -0.15) is 0 Å². The lowest BCUT2D eigenvalue weighted by Gasteiger charge is -2.20. The van der Waals surface area contributed by atoms with E-state index in [1.807, 2.05) is 6.92 Å². The SMILES string of the molecule is CCC(C)C(NC(=O)c1ccc(Cl)c(Br)c1)C(=O)O. The number of carboxylic acids is 1. The number of benzene rings is 1. The van der Waals surface area contributed by atoms with Crippen LogP contribution in [0.3, 0.4) is 0 Å². The molecule has 0 aliphatic heterocycles. The monoisotopic (exact) mass is 347 g/mol. The molecule has 0 fully saturated rings. The number of carbonyl (C=O) groups excluding carboxylic acids is 1. The molecule has 0 spiro atoms. The molecule has 0 heterocycles. The van der Waals surface area contributed by atoms with Crippen LogP contribution in [0, 0.1) is 5.92 Å². The largest absolute Gasteiger partial charge is 0.480 e. The highest BCUT2D eigenvalue weighted by molar-refractivity contribution is 9.10. The standard InChI is InChI=1S/C13H15BrClNO3/c1-3-7(2)11(13(18)19)16-12(17)8-4-5-10(15)9(14)6-8/h4-7,11H,3H2,1-2H3,(H,16,17)(H,18,19). The lowest BCUT2D eigenvalue weighted by molar-refractivity contribution is -0.140. The van der Waals surface area contributed by atoms with E-state index >= 15 is 0 Å². The van der Waals surface area contributed by atoms with Gasteiger partial charge in [-0.25, -0.2) is 4.79 Å². The van der Waals surface area contributed by atoms with Crippen LogP contribution < -0.4 is 5.32 Å². The van der Waals surface area contributed by atoms with E-state index in [1.54, 1.807) is 25.1 Å². The van der Waals surface area contributed by atoms with Gasteiger partial charge in [0.15, 0.2) is 0 Å². The normalized spacial score (nSPS) is 13.7. The second-order valence-electron chi connectivity index (χ2n) is 4.30. The first-order chi connectivity index (χ1) is 8.86. The van der Waals surface area contributed by atoms with Crippen molar-refractivity contribution in [2.45, 2.75) is 26.3 Å². The Bertz CT molecular complexity index is 493. The summed E-state index contributed by atoms with van der Waals surface area (Å²) in [6, 6.07) is 3.80. The van der Waals surface area contributed by atoms with Crippen molar-refractivity contribution in [1.29, 1.82) is 0 Å². The van der Waals surface area contributed by atoms with Crippen LogP contribution in [0.4, 0.5) is 0 Å². The molecule has 1 rings (SSSR count). The molecule has 1 aromatic carbocycles. The molecule has 0 aromatic heterocycles. The van der Waals surface area contributed by atoms with Gasteiger partial charge in [0.05, 0.1) is 5.02 Å². The fraction of sp³-hybridized carbons (Fsp3) is 0.385. The Morgan fingerprint density at radius 1 is 1.47 bits per heavy atom. The Hall–Kier alpha value is -1.07. The molecule has 1 aromatic rings. The Morgan fingerprint density at radius 3 is 2.58 bits per heavy atom. The van der Waals surface area contributed by atoms with E-state index in [0.717, 1.165) is 0 Å². The van der Waals surface area contributed by atoms with Gasteiger partial charge in [-0.1, -0.05) is 31.9 Å². The number of carboxylic acid groups (broad SMARTS) is 1. The van der Waals surface area contributed by atoms with Gasteiger partial charge in [0.1, 0.15) is 6.04 Å². The van der Waals surface area contributed by atoms with Crippen LogP contribution in [0.5, 0.6) is 0 Å². The van der Waals surface area contributed by atoms with Crippen LogP contribution in [-0.2, 0) is 4.79 Å². The molecule has 1 amide bonds. The third kappa shape index (κ3) is 4.21. The lowest BCUT2D eigenvalue weighted by atomic mass is 9.99. The Morgan fingerprint density at radius 2 is 2.11 bits per heavy atom. The molecule has 0 aliphatic carbocycles. The molecule has 2 N–H and O–H groups in total. The summed E-state index contributed by atoms with van der Waals surface area (Å²) in [7, 11) is 0. The lowest BCUT2D eigenvalue weighted by Crippen LogP contribution is -2.45. The molecule has 0 saturated carbocycles. The highest BCUT2D eigenvalue weighted by Crippen LogP contribution is 2.23. The molecular weight excluding hydrogens is 334 g/mol. The average molecular weight is 349 g/mol. The summed E-state index contributed by atoms with van der Waals surface area (Å²) in [4.78, 5) is 23.1. The second-order valence-corrected chi connectivity index (χ2v) is 5.57. The summed E-state index contributed by atoms with van der Waals surface area (Å²) in [5.74, 6) is -1.60. The summed E-state index contributed by atoms with van der Waals surface area (Å²) in [5.41, 5.74) is 0.367. The highest BCUT2D eigenvalue weighted by Gasteiger charge is 2.25. The van der Waals surface area contributed by atoms with Crippen LogP contribution in [0.2, 0.25) is 5.02 Å². The average Bonchev–Trinajstić information content (AvgIpc) is 2.37. The van der Waals surface area contributed by atoms with Gasteiger partial charge in [0.25, 0.3) is 5.91 Å². The van der Waals surface area contributed by atoms with Crippen molar-refractivity contribution in [3.05, 3.63) is 33.3 Å². The highest BCUT2D eigenvalue weighted by atomic mass is 79.9. The predicted molar refractivity (Wildman–Crippen MR) is 77.5 cm³/mol. The number of nitrogens with one attached hydrogen (secondary N) is 1. The first kappa shape index (κ1) is 16.0. The zero-order valence-electron chi connectivity index (χ0n) is 10.6. The molecule has 2 atom stereocenters. The molecule has 6 heteroatoms. The van der Waals surface area contributed by atoms with Gasteiger partial charge < -0.3 is 10.4 Å². The number of halogens is 2.